The molecule has 1 atom stereocenters. The number of nitrogens with zero attached hydrogens (tertiary/aromatic N) is 1. The SMILES string of the molecule is COc1cc(C(=O)N2CC[C@@H]2C(=O)O)cc(OC)c1OC. The second kappa shape index (κ2) is 5.90. The van der Waals surface area contributed by atoms with E-state index < -0.39 is 12.0 Å². The number of carboxylic acid groups (broad SMARTS) is 1. The number of benzene rings is 1. The lowest BCUT2D eigenvalue weighted by Gasteiger charge is -2.38. The van der Waals surface area contributed by atoms with Crippen molar-refractivity contribution >= 4 is 11.9 Å². The Kier molecular flexibility index (Phi) is 4.21. The molecule has 1 N–H and O–H groups in total. The highest BCUT2D eigenvalue weighted by molar-refractivity contribution is 5.98. The number of ether oxygens (including phenoxy) is 3. The summed E-state index contributed by atoms with van der Waals surface area (Å²) >= 11 is 0. The molecule has 1 heterocycles. The van der Waals surface area contributed by atoms with Crippen LogP contribution in [-0.4, -0.2) is 55.8 Å². The number of methoxy groups -OCH3 is 3. The van der Waals surface area contributed by atoms with Crippen LogP contribution in [0.3, 0.4) is 0 Å². The standard InChI is InChI=1S/C14H17NO6/c1-19-10-6-8(7-11(20-2)12(10)21-3)13(16)15-5-4-9(15)14(17)18/h6-7,9H,4-5H2,1-3H3,(H,17,18)/t9-/m1/s1. The van der Waals surface area contributed by atoms with E-state index in [2.05, 4.69) is 0 Å². The summed E-state index contributed by atoms with van der Waals surface area (Å²) in [5.41, 5.74) is 0.301. The lowest BCUT2D eigenvalue weighted by atomic mass is 10.0. The third-order valence-electron chi connectivity index (χ3n) is 3.48. The van der Waals surface area contributed by atoms with Crippen LogP contribution in [0.2, 0.25) is 0 Å². The molecule has 1 aliphatic heterocycles. The summed E-state index contributed by atoms with van der Waals surface area (Å²) in [7, 11) is 4.38. The van der Waals surface area contributed by atoms with E-state index >= 15 is 0 Å². The quantitative estimate of drug-likeness (QED) is 0.872. The molecule has 1 aliphatic rings. The Morgan fingerprint density at radius 1 is 1.14 bits per heavy atom. The van der Waals surface area contributed by atoms with E-state index in [1.807, 2.05) is 0 Å². The zero-order valence-electron chi connectivity index (χ0n) is 12.1. The topological polar surface area (TPSA) is 85.3 Å². The van der Waals surface area contributed by atoms with Gasteiger partial charge in [-0.05, 0) is 18.6 Å². The van der Waals surface area contributed by atoms with Crippen molar-refractivity contribution in [2.45, 2.75) is 12.5 Å². The summed E-state index contributed by atoms with van der Waals surface area (Å²) in [5.74, 6) is -0.273. The largest absolute Gasteiger partial charge is 0.493 e. The van der Waals surface area contributed by atoms with Gasteiger partial charge in [-0.25, -0.2) is 4.79 Å². The van der Waals surface area contributed by atoms with Crippen molar-refractivity contribution in [3.8, 4) is 17.2 Å². The number of hydrogen-bond acceptors (Lipinski definition) is 5. The van der Waals surface area contributed by atoms with Crippen LogP contribution in [-0.2, 0) is 4.79 Å². The van der Waals surface area contributed by atoms with Crippen LogP contribution >= 0.6 is 0 Å². The monoisotopic (exact) mass is 295 g/mol. The number of carboxylic acids is 1. The van der Waals surface area contributed by atoms with Gasteiger partial charge in [-0.2, -0.15) is 0 Å². The van der Waals surface area contributed by atoms with Gasteiger partial charge in [0.05, 0.1) is 21.3 Å². The lowest BCUT2D eigenvalue weighted by Crippen LogP contribution is -2.55. The molecule has 1 aromatic rings. The van der Waals surface area contributed by atoms with Gasteiger partial charge in [-0.3, -0.25) is 4.79 Å². The number of carbonyl (C=O) groups excluding carboxylic acids is 1. The van der Waals surface area contributed by atoms with Gasteiger partial charge in [-0.1, -0.05) is 0 Å². The maximum Gasteiger partial charge on any atom is 0.326 e. The Balaban J connectivity index is 2.35. The molecule has 0 bridgehead atoms. The second-order valence-corrected chi connectivity index (χ2v) is 4.56. The van der Waals surface area contributed by atoms with E-state index in [1.54, 1.807) is 0 Å². The highest BCUT2D eigenvalue weighted by Crippen LogP contribution is 2.39. The Morgan fingerprint density at radius 3 is 2.05 bits per heavy atom. The predicted octanol–water partition coefficient (Wildman–Crippen LogP) is 1.01. The van der Waals surface area contributed by atoms with Gasteiger partial charge in [-0.15, -0.1) is 0 Å². The molecule has 0 unspecified atom stereocenters. The van der Waals surface area contributed by atoms with Gasteiger partial charge >= 0.3 is 5.97 Å². The molecule has 1 saturated heterocycles. The Morgan fingerprint density at radius 2 is 1.71 bits per heavy atom. The van der Waals surface area contributed by atoms with Gasteiger partial charge < -0.3 is 24.2 Å². The minimum Gasteiger partial charge on any atom is -0.493 e. The molecule has 0 aromatic heterocycles. The molecular weight excluding hydrogens is 278 g/mol. The fraction of sp³-hybridized carbons (Fsp3) is 0.429. The first-order valence-corrected chi connectivity index (χ1v) is 6.37. The molecule has 0 radical (unpaired) electrons. The van der Waals surface area contributed by atoms with Crippen molar-refractivity contribution < 1.29 is 28.9 Å². The average Bonchev–Trinajstić information content (AvgIpc) is 2.43. The summed E-state index contributed by atoms with van der Waals surface area (Å²) in [6.45, 7) is 0.423. The second-order valence-electron chi connectivity index (χ2n) is 4.56. The summed E-state index contributed by atoms with van der Waals surface area (Å²) < 4.78 is 15.6. The van der Waals surface area contributed by atoms with Crippen molar-refractivity contribution in [3.05, 3.63) is 17.7 Å². The van der Waals surface area contributed by atoms with Gasteiger partial charge in [0.2, 0.25) is 5.75 Å². The molecule has 0 aliphatic carbocycles. The normalized spacial score (nSPS) is 16.9. The summed E-state index contributed by atoms with van der Waals surface area (Å²) in [6.07, 6.45) is 0.464. The summed E-state index contributed by atoms with van der Waals surface area (Å²) in [5, 5.41) is 9.02. The molecule has 7 heteroatoms. The van der Waals surface area contributed by atoms with Gasteiger partial charge in [0.15, 0.2) is 11.5 Å². The van der Waals surface area contributed by atoms with Crippen LogP contribution < -0.4 is 14.2 Å². The third kappa shape index (κ3) is 2.58. The maximum absolute atomic E-state index is 12.4. The zero-order chi connectivity index (χ0) is 15.6. The number of hydrogen-bond donors (Lipinski definition) is 1. The molecule has 1 amide bonds. The number of rotatable bonds is 5. The first kappa shape index (κ1) is 15.0. The minimum absolute atomic E-state index is 0.301. The van der Waals surface area contributed by atoms with E-state index in [1.165, 1.54) is 38.4 Å². The minimum atomic E-state index is -0.998. The third-order valence-corrected chi connectivity index (χ3v) is 3.48. The number of likely N-dealkylation sites (tertiary alicyclic amines) is 1. The van der Waals surface area contributed by atoms with Crippen molar-refractivity contribution in [3.63, 3.8) is 0 Å². The highest BCUT2D eigenvalue weighted by atomic mass is 16.5. The number of carbonyl (C=O) groups is 2. The van der Waals surface area contributed by atoms with E-state index in [9.17, 15) is 9.59 Å². The van der Waals surface area contributed by atoms with Gasteiger partial charge in [0.1, 0.15) is 6.04 Å². The lowest BCUT2D eigenvalue weighted by molar-refractivity contribution is -0.146. The van der Waals surface area contributed by atoms with Crippen molar-refractivity contribution in [1.29, 1.82) is 0 Å². The van der Waals surface area contributed by atoms with E-state index in [0.717, 1.165) is 0 Å². The van der Waals surface area contributed by atoms with Crippen molar-refractivity contribution in [2.75, 3.05) is 27.9 Å². The molecule has 0 saturated carbocycles. The summed E-state index contributed by atoms with van der Waals surface area (Å²) in [6, 6.07) is 2.26. The first-order chi connectivity index (χ1) is 10.0. The van der Waals surface area contributed by atoms with E-state index in [0.29, 0.717) is 35.8 Å². The average molecular weight is 295 g/mol. The maximum atomic E-state index is 12.4. The Hall–Kier alpha value is -2.44. The van der Waals surface area contributed by atoms with E-state index in [-0.39, 0.29) is 5.91 Å². The molecular formula is C14H17NO6. The van der Waals surface area contributed by atoms with Crippen LogP contribution in [0.1, 0.15) is 16.8 Å². The van der Waals surface area contributed by atoms with Crippen LogP contribution in [0.5, 0.6) is 17.2 Å². The zero-order valence-corrected chi connectivity index (χ0v) is 12.1. The molecule has 1 aromatic carbocycles. The first-order valence-electron chi connectivity index (χ1n) is 6.37. The molecule has 114 valence electrons. The van der Waals surface area contributed by atoms with Crippen molar-refractivity contribution in [2.24, 2.45) is 0 Å². The molecule has 1 fully saturated rings. The smallest absolute Gasteiger partial charge is 0.326 e. The summed E-state index contributed by atoms with van der Waals surface area (Å²) in [4.78, 5) is 24.7. The van der Waals surface area contributed by atoms with Crippen LogP contribution in [0.15, 0.2) is 12.1 Å². The van der Waals surface area contributed by atoms with Crippen molar-refractivity contribution in [1.82, 2.24) is 4.90 Å². The number of aliphatic carboxylic acids is 1. The predicted molar refractivity (Wildman–Crippen MR) is 73.2 cm³/mol. The van der Waals surface area contributed by atoms with Crippen LogP contribution in [0.4, 0.5) is 0 Å². The number of amides is 1. The molecule has 2 rings (SSSR count). The molecule has 21 heavy (non-hydrogen) atoms. The van der Waals surface area contributed by atoms with Crippen LogP contribution in [0, 0.1) is 0 Å². The van der Waals surface area contributed by atoms with Gasteiger partial charge in [0.25, 0.3) is 5.91 Å². The van der Waals surface area contributed by atoms with Crippen LogP contribution in [0.25, 0.3) is 0 Å². The Labute approximate surface area is 122 Å². The van der Waals surface area contributed by atoms with E-state index in [4.69, 9.17) is 19.3 Å². The molecule has 0 spiro atoms. The fourth-order valence-corrected chi connectivity index (χ4v) is 2.26. The fourth-order valence-electron chi connectivity index (χ4n) is 2.26. The highest BCUT2D eigenvalue weighted by Gasteiger charge is 2.38. The van der Waals surface area contributed by atoms with Gasteiger partial charge in [0, 0.05) is 12.1 Å². The Bertz CT molecular complexity index is 546. The molecule has 7 nitrogen and oxygen atoms in total.